The van der Waals surface area contributed by atoms with Crippen LogP contribution < -0.4 is 10.0 Å². The molecule has 1 aromatic carbocycles. The fourth-order valence-electron chi connectivity index (χ4n) is 5.18. The van der Waals surface area contributed by atoms with Crippen LogP contribution in [0.2, 0.25) is 0 Å². The summed E-state index contributed by atoms with van der Waals surface area (Å²) in [6, 6.07) is 7.71. The van der Waals surface area contributed by atoms with E-state index in [1.54, 1.807) is 29.8 Å². The number of nitrogens with one attached hydrogen (secondary N) is 2. The first-order valence-electron chi connectivity index (χ1n) is 14.4. The van der Waals surface area contributed by atoms with Gasteiger partial charge in [-0.2, -0.15) is 0 Å². The van der Waals surface area contributed by atoms with Crippen LogP contribution in [0.15, 0.2) is 47.8 Å². The first kappa shape index (κ1) is 32.1. The highest BCUT2D eigenvalue weighted by atomic mass is 32.2. The van der Waals surface area contributed by atoms with Crippen LogP contribution in [0.1, 0.15) is 76.8 Å². The summed E-state index contributed by atoms with van der Waals surface area (Å²) in [4.78, 5) is 24.2. The average molecular weight is 614 g/mol. The molecule has 1 aliphatic rings. The van der Waals surface area contributed by atoms with Crippen LogP contribution in [-0.4, -0.2) is 61.2 Å². The number of amides is 1. The molecule has 0 spiro atoms. The molecular weight excluding hydrogens is 571 g/mol. The number of benzene rings is 1. The highest BCUT2D eigenvalue weighted by Gasteiger charge is 2.29. The molecule has 11 heteroatoms. The maximum Gasteiger partial charge on any atom is 0.407 e. The van der Waals surface area contributed by atoms with Crippen LogP contribution in [0.25, 0.3) is 21.6 Å². The Labute approximate surface area is 254 Å². The summed E-state index contributed by atoms with van der Waals surface area (Å²) in [6.07, 6.45) is 8.34. The SMILES string of the molecule is CC(C)OC(=O)NC1CCC(c2ncc(-c3ccc(-c4cncc(CN(C)C)c4)cc3S(=O)(=O)NC(C)(C)C)s2)CC1. The van der Waals surface area contributed by atoms with E-state index in [9.17, 15) is 13.2 Å². The van der Waals surface area contributed by atoms with Gasteiger partial charge in [0.2, 0.25) is 10.0 Å². The molecule has 2 aromatic heterocycles. The number of alkyl carbamates (subject to hydrolysis) is 1. The van der Waals surface area contributed by atoms with E-state index in [4.69, 9.17) is 9.72 Å². The molecule has 0 aliphatic heterocycles. The molecule has 0 bridgehead atoms. The van der Waals surface area contributed by atoms with E-state index in [0.717, 1.165) is 58.8 Å². The topological polar surface area (TPSA) is 114 Å². The fourth-order valence-corrected chi connectivity index (χ4v) is 8.04. The number of sulfonamides is 1. The lowest BCUT2D eigenvalue weighted by Gasteiger charge is -2.28. The Morgan fingerprint density at radius 1 is 1.07 bits per heavy atom. The molecule has 0 radical (unpaired) electrons. The number of rotatable bonds is 9. The minimum atomic E-state index is -3.85. The lowest BCUT2D eigenvalue weighted by molar-refractivity contribution is 0.109. The molecule has 1 fully saturated rings. The van der Waals surface area contributed by atoms with E-state index in [-0.39, 0.29) is 29.1 Å². The molecule has 3 aromatic rings. The summed E-state index contributed by atoms with van der Waals surface area (Å²) in [5.74, 6) is 0.264. The van der Waals surface area contributed by atoms with Crippen molar-refractivity contribution in [2.45, 2.75) is 95.3 Å². The van der Waals surface area contributed by atoms with Gasteiger partial charge in [0.1, 0.15) is 0 Å². The molecule has 1 amide bonds. The minimum Gasteiger partial charge on any atom is -0.447 e. The molecule has 2 N–H and O–H groups in total. The maximum absolute atomic E-state index is 13.7. The van der Waals surface area contributed by atoms with E-state index in [1.807, 2.05) is 73.1 Å². The number of thiazole rings is 1. The third kappa shape index (κ3) is 8.59. The largest absolute Gasteiger partial charge is 0.447 e. The predicted molar refractivity (Wildman–Crippen MR) is 168 cm³/mol. The van der Waals surface area contributed by atoms with Gasteiger partial charge in [0.25, 0.3) is 0 Å². The summed E-state index contributed by atoms with van der Waals surface area (Å²) < 4.78 is 35.5. The molecule has 0 unspecified atom stereocenters. The molecule has 9 nitrogen and oxygen atoms in total. The summed E-state index contributed by atoms with van der Waals surface area (Å²) in [6.45, 7) is 9.91. The van der Waals surface area contributed by atoms with Gasteiger partial charge < -0.3 is 15.0 Å². The van der Waals surface area contributed by atoms with E-state index < -0.39 is 15.6 Å². The van der Waals surface area contributed by atoms with Gasteiger partial charge >= 0.3 is 6.09 Å². The Morgan fingerprint density at radius 2 is 1.79 bits per heavy atom. The molecular formula is C31H43N5O4S2. The molecule has 0 atom stereocenters. The molecule has 2 heterocycles. The van der Waals surface area contributed by atoms with E-state index in [0.29, 0.717) is 5.56 Å². The molecule has 1 saturated carbocycles. The van der Waals surface area contributed by atoms with Crippen molar-refractivity contribution in [1.29, 1.82) is 0 Å². The van der Waals surface area contributed by atoms with Crippen LogP contribution in [0, 0.1) is 0 Å². The number of hydrogen-bond donors (Lipinski definition) is 2. The van der Waals surface area contributed by atoms with Gasteiger partial charge in [-0.3, -0.25) is 4.98 Å². The van der Waals surface area contributed by atoms with Gasteiger partial charge in [0, 0.05) is 53.8 Å². The lowest BCUT2D eigenvalue weighted by Crippen LogP contribution is -2.40. The number of hydrogen-bond acceptors (Lipinski definition) is 8. The van der Waals surface area contributed by atoms with Gasteiger partial charge in [-0.1, -0.05) is 12.1 Å². The second-order valence-corrected chi connectivity index (χ2v) is 15.3. The number of pyridine rings is 1. The van der Waals surface area contributed by atoms with E-state index >= 15 is 0 Å². The lowest BCUT2D eigenvalue weighted by atomic mass is 9.86. The van der Waals surface area contributed by atoms with Crippen molar-refractivity contribution in [2.75, 3.05) is 14.1 Å². The van der Waals surface area contributed by atoms with E-state index in [1.165, 1.54) is 0 Å². The highest BCUT2D eigenvalue weighted by Crippen LogP contribution is 2.40. The smallest absolute Gasteiger partial charge is 0.407 e. The molecule has 42 heavy (non-hydrogen) atoms. The Morgan fingerprint density at radius 3 is 2.43 bits per heavy atom. The van der Waals surface area contributed by atoms with E-state index in [2.05, 4.69) is 19.9 Å². The molecule has 1 aliphatic carbocycles. The van der Waals surface area contributed by atoms with Gasteiger partial charge in [-0.15, -0.1) is 11.3 Å². The Hall–Kier alpha value is -2.86. The maximum atomic E-state index is 13.7. The number of aromatic nitrogens is 2. The number of nitrogens with zero attached hydrogens (tertiary/aromatic N) is 3. The van der Waals surface area contributed by atoms with Crippen LogP contribution in [0.3, 0.4) is 0 Å². The average Bonchev–Trinajstić information content (AvgIpc) is 3.37. The zero-order valence-corrected chi connectivity index (χ0v) is 27.2. The zero-order chi connectivity index (χ0) is 30.7. The zero-order valence-electron chi connectivity index (χ0n) is 25.6. The Bertz CT molecular complexity index is 1490. The Balaban J connectivity index is 1.61. The van der Waals surface area contributed by atoms with Gasteiger partial charge in [0.15, 0.2) is 0 Å². The first-order chi connectivity index (χ1) is 19.7. The van der Waals surface area contributed by atoms with Crippen LogP contribution in [0.4, 0.5) is 4.79 Å². The van der Waals surface area contributed by atoms with Gasteiger partial charge in [-0.05, 0) is 97.7 Å². The third-order valence-electron chi connectivity index (χ3n) is 6.87. The number of ether oxygens (including phenoxy) is 1. The van der Waals surface area contributed by atoms with Crippen molar-refractivity contribution in [3.05, 3.63) is 53.4 Å². The molecule has 228 valence electrons. The summed E-state index contributed by atoms with van der Waals surface area (Å²) in [5, 5.41) is 3.96. The van der Waals surface area contributed by atoms with Crippen LogP contribution >= 0.6 is 11.3 Å². The summed E-state index contributed by atoms with van der Waals surface area (Å²) in [7, 11) is 0.149. The monoisotopic (exact) mass is 613 g/mol. The fraction of sp³-hybridized carbons (Fsp3) is 0.516. The van der Waals surface area contributed by atoms with Crippen LogP contribution in [0.5, 0.6) is 0 Å². The van der Waals surface area contributed by atoms with Crippen molar-refractivity contribution in [1.82, 2.24) is 24.9 Å². The molecule has 4 rings (SSSR count). The highest BCUT2D eigenvalue weighted by molar-refractivity contribution is 7.89. The van der Waals surface area contributed by atoms with Gasteiger partial charge in [0.05, 0.1) is 20.9 Å². The third-order valence-corrected chi connectivity index (χ3v) is 9.86. The van der Waals surface area contributed by atoms with Crippen molar-refractivity contribution in [3.8, 4) is 21.6 Å². The summed E-state index contributed by atoms with van der Waals surface area (Å²) >= 11 is 1.54. The van der Waals surface area contributed by atoms with Crippen molar-refractivity contribution < 1.29 is 17.9 Å². The Kier molecular flexibility index (Phi) is 10.1. The molecule has 0 saturated heterocycles. The second kappa shape index (κ2) is 13.2. The quantitative estimate of drug-likeness (QED) is 0.297. The van der Waals surface area contributed by atoms with Crippen molar-refractivity contribution >= 4 is 27.5 Å². The first-order valence-corrected chi connectivity index (χ1v) is 16.7. The van der Waals surface area contributed by atoms with Crippen LogP contribution in [-0.2, 0) is 21.3 Å². The van der Waals surface area contributed by atoms with Gasteiger partial charge in [-0.25, -0.2) is 22.9 Å². The predicted octanol–water partition coefficient (Wildman–Crippen LogP) is 6.17. The summed E-state index contributed by atoms with van der Waals surface area (Å²) in [5.41, 5.74) is 2.68. The normalized spacial score (nSPS) is 17.9. The van der Waals surface area contributed by atoms with Crippen molar-refractivity contribution in [3.63, 3.8) is 0 Å². The number of carbonyl (C=O) groups is 1. The number of carbonyl (C=O) groups excluding carboxylic acids is 1. The minimum absolute atomic E-state index is 0.0883. The van der Waals surface area contributed by atoms with Crippen molar-refractivity contribution in [2.24, 2.45) is 0 Å². The second-order valence-electron chi connectivity index (χ2n) is 12.6. The standard InChI is InChI=1S/C31H43N5O4S2/c1-20(2)40-30(37)34-25-11-8-22(9-12-25)29-33-18-27(41-29)26-13-10-23(15-28(26)42(38,39)35-31(3,4)5)24-14-21(16-32-17-24)19-36(6)7/h10,13-18,20,22,25,35H,8-9,11-12,19H2,1-7H3,(H,34,37).